The quantitative estimate of drug-likeness (QED) is 0.240. The first-order valence-electron chi connectivity index (χ1n) is 9.01. The van der Waals surface area contributed by atoms with Gasteiger partial charge in [0, 0.05) is 26.3 Å². The molecular formula is C23H13BrCl4N2O2. The number of nitrogens with one attached hydrogen (secondary N) is 1. The van der Waals surface area contributed by atoms with E-state index in [-0.39, 0.29) is 12.2 Å². The van der Waals surface area contributed by atoms with E-state index in [0.29, 0.717) is 41.6 Å². The Morgan fingerprint density at radius 2 is 1.69 bits per heavy atom. The lowest BCUT2D eigenvalue weighted by atomic mass is 10.1. The first kappa shape index (κ1) is 24.4. The maximum absolute atomic E-state index is 12.5. The van der Waals surface area contributed by atoms with Gasteiger partial charge in [0.05, 0.1) is 9.50 Å². The summed E-state index contributed by atoms with van der Waals surface area (Å²) >= 11 is 27.7. The molecule has 0 saturated carbocycles. The van der Waals surface area contributed by atoms with Crippen molar-refractivity contribution in [1.29, 1.82) is 5.26 Å². The molecule has 3 aromatic rings. The Bertz CT molecular complexity index is 1210. The summed E-state index contributed by atoms with van der Waals surface area (Å²) in [7, 11) is 0. The molecule has 0 fully saturated rings. The van der Waals surface area contributed by atoms with E-state index in [4.69, 9.17) is 51.1 Å². The van der Waals surface area contributed by atoms with Crippen LogP contribution in [0.5, 0.6) is 5.75 Å². The van der Waals surface area contributed by atoms with Crippen molar-refractivity contribution in [1.82, 2.24) is 0 Å². The zero-order valence-electron chi connectivity index (χ0n) is 16.1. The van der Waals surface area contributed by atoms with Crippen molar-refractivity contribution < 1.29 is 9.53 Å². The summed E-state index contributed by atoms with van der Waals surface area (Å²) in [5.74, 6) is -0.154. The molecule has 0 atom stereocenters. The van der Waals surface area contributed by atoms with Crippen molar-refractivity contribution in [2.75, 3.05) is 5.32 Å². The number of anilines is 1. The van der Waals surface area contributed by atoms with Crippen molar-refractivity contribution in [3.8, 4) is 11.8 Å². The van der Waals surface area contributed by atoms with Crippen LogP contribution in [-0.4, -0.2) is 5.91 Å². The Morgan fingerprint density at radius 3 is 2.31 bits per heavy atom. The summed E-state index contributed by atoms with van der Waals surface area (Å²) < 4.78 is 6.37. The van der Waals surface area contributed by atoms with Gasteiger partial charge in [-0.3, -0.25) is 4.79 Å². The van der Waals surface area contributed by atoms with Gasteiger partial charge >= 0.3 is 0 Å². The first-order valence-corrected chi connectivity index (χ1v) is 11.3. The van der Waals surface area contributed by atoms with Crippen molar-refractivity contribution in [2.45, 2.75) is 6.61 Å². The van der Waals surface area contributed by atoms with Crippen LogP contribution >= 0.6 is 62.3 Å². The van der Waals surface area contributed by atoms with Gasteiger partial charge in [0.15, 0.2) is 5.75 Å². The van der Waals surface area contributed by atoms with Crippen LogP contribution in [0.1, 0.15) is 11.1 Å². The fourth-order valence-corrected chi connectivity index (χ4v) is 4.21. The number of ether oxygens (including phenoxy) is 1. The van der Waals surface area contributed by atoms with E-state index in [9.17, 15) is 10.1 Å². The first-order chi connectivity index (χ1) is 15.3. The molecule has 3 rings (SSSR count). The Hall–Kier alpha value is -2.20. The second-order valence-corrected chi connectivity index (χ2v) is 9.01. The van der Waals surface area contributed by atoms with Gasteiger partial charge in [0.25, 0.3) is 5.91 Å². The highest BCUT2D eigenvalue weighted by atomic mass is 79.9. The lowest BCUT2D eigenvalue weighted by molar-refractivity contribution is -0.112. The Kier molecular flexibility index (Phi) is 8.47. The number of hydrogen-bond acceptors (Lipinski definition) is 3. The van der Waals surface area contributed by atoms with Crippen molar-refractivity contribution >= 4 is 80.0 Å². The molecule has 0 aliphatic carbocycles. The monoisotopic (exact) mass is 568 g/mol. The maximum Gasteiger partial charge on any atom is 0.266 e. The minimum absolute atomic E-state index is 0.0930. The second kappa shape index (κ2) is 11.1. The third-order valence-electron chi connectivity index (χ3n) is 4.19. The number of nitriles is 1. The van der Waals surface area contributed by atoms with Crippen LogP contribution < -0.4 is 10.1 Å². The Labute approximate surface area is 213 Å². The smallest absolute Gasteiger partial charge is 0.266 e. The van der Waals surface area contributed by atoms with Crippen LogP contribution in [0.2, 0.25) is 20.1 Å². The minimum atomic E-state index is -0.556. The Balaban J connectivity index is 1.77. The number of rotatable bonds is 6. The molecule has 4 nitrogen and oxygen atoms in total. The average molecular weight is 571 g/mol. The molecule has 0 bridgehead atoms. The normalized spacial score (nSPS) is 11.1. The summed E-state index contributed by atoms with van der Waals surface area (Å²) in [6, 6.07) is 16.9. The number of carbonyl (C=O) groups is 1. The number of benzene rings is 3. The standard InChI is InChI=1S/C23H13BrCl4N2O2/c24-19-8-13(7-15(11-29)23(31)30-18-5-3-16(25)4-6-18)9-21(28)22(19)32-12-14-1-2-17(26)10-20(14)27/h1-10H,12H2,(H,30,31)/b15-7-. The largest absolute Gasteiger partial charge is 0.486 e. The van der Waals surface area contributed by atoms with E-state index in [1.807, 2.05) is 6.07 Å². The van der Waals surface area contributed by atoms with Crippen molar-refractivity contribution in [3.63, 3.8) is 0 Å². The van der Waals surface area contributed by atoms with Crippen LogP contribution in [0, 0.1) is 11.3 Å². The van der Waals surface area contributed by atoms with Crippen LogP contribution in [0.4, 0.5) is 5.69 Å². The summed E-state index contributed by atoms with van der Waals surface area (Å²) in [5, 5.41) is 13.9. The highest BCUT2D eigenvalue weighted by molar-refractivity contribution is 9.10. The SMILES string of the molecule is N#C/C(=C/c1cc(Cl)c(OCc2ccc(Cl)cc2Cl)c(Br)c1)C(=O)Nc1ccc(Cl)cc1. The second-order valence-electron chi connectivity index (χ2n) is 6.47. The predicted octanol–water partition coefficient (Wildman–Crippen LogP) is 8.19. The maximum atomic E-state index is 12.5. The zero-order valence-corrected chi connectivity index (χ0v) is 20.7. The van der Waals surface area contributed by atoms with Gasteiger partial charge in [-0.05, 0) is 76.1 Å². The van der Waals surface area contributed by atoms with E-state index in [0.717, 1.165) is 5.56 Å². The number of hydrogen-bond donors (Lipinski definition) is 1. The molecule has 1 N–H and O–H groups in total. The molecule has 0 heterocycles. The van der Waals surface area contributed by atoms with Crippen LogP contribution in [-0.2, 0) is 11.4 Å². The van der Waals surface area contributed by atoms with Gasteiger partial charge in [-0.25, -0.2) is 0 Å². The topological polar surface area (TPSA) is 62.1 Å². The predicted molar refractivity (Wildman–Crippen MR) is 134 cm³/mol. The fraction of sp³-hybridized carbons (Fsp3) is 0.0435. The van der Waals surface area contributed by atoms with Gasteiger partial charge < -0.3 is 10.1 Å². The molecule has 162 valence electrons. The van der Waals surface area contributed by atoms with E-state index in [1.165, 1.54) is 6.08 Å². The summed E-state index contributed by atoms with van der Waals surface area (Å²) in [4.78, 5) is 12.5. The van der Waals surface area contributed by atoms with E-state index in [2.05, 4.69) is 21.2 Å². The molecule has 0 saturated heterocycles. The van der Waals surface area contributed by atoms with E-state index >= 15 is 0 Å². The summed E-state index contributed by atoms with van der Waals surface area (Å²) in [6.45, 7) is 0.177. The lowest BCUT2D eigenvalue weighted by Gasteiger charge is -2.12. The molecule has 0 aliphatic rings. The highest BCUT2D eigenvalue weighted by Gasteiger charge is 2.14. The molecular weight excluding hydrogens is 558 g/mol. The van der Waals surface area contributed by atoms with Gasteiger partial charge in [0.2, 0.25) is 0 Å². The van der Waals surface area contributed by atoms with Gasteiger partial charge in [-0.15, -0.1) is 0 Å². The zero-order chi connectivity index (χ0) is 23.3. The van der Waals surface area contributed by atoms with Gasteiger partial charge in [0.1, 0.15) is 18.2 Å². The molecule has 0 aromatic heterocycles. The Morgan fingerprint density at radius 1 is 1.00 bits per heavy atom. The van der Waals surface area contributed by atoms with Crippen LogP contribution in [0.15, 0.2) is 64.6 Å². The number of carbonyl (C=O) groups excluding carboxylic acids is 1. The molecule has 0 aliphatic heterocycles. The van der Waals surface area contributed by atoms with Crippen LogP contribution in [0.3, 0.4) is 0 Å². The van der Waals surface area contributed by atoms with E-state index in [1.54, 1.807) is 54.6 Å². The minimum Gasteiger partial charge on any atom is -0.486 e. The number of amides is 1. The highest BCUT2D eigenvalue weighted by Crippen LogP contribution is 2.36. The average Bonchev–Trinajstić information content (AvgIpc) is 2.74. The molecule has 9 heteroatoms. The summed E-state index contributed by atoms with van der Waals surface area (Å²) in [5.41, 5.74) is 1.71. The molecule has 1 amide bonds. The third kappa shape index (κ3) is 6.41. The number of nitrogens with zero attached hydrogens (tertiary/aromatic N) is 1. The lowest BCUT2D eigenvalue weighted by Crippen LogP contribution is -2.13. The van der Waals surface area contributed by atoms with Gasteiger partial charge in [-0.1, -0.05) is 52.5 Å². The van der Waals surface area contributed by atoms with Crippen molar-refractivity contribution in [2.24, 2.45) is 0 Å². The molecule has 0 radical (unpaired) electrons. The van der Waals surface area contributed by atoms with Crippen molar-refractivity contribution in [3.05, 3.63) is 95.9 Å². The molecule has 0 unspecified atom stereocenters. The summed E-state index contributed by atoms with van der Waals surface area (Å²) in [6.07, 6.45) is 1.43. The van der Waals surface area contributed by atoms with E-state index < -0.39 is 5.91 Å². The fourth-order valence-electron chi connectivity index (χ4n) is 2.64. The van der Waals surface area contributed by atoms with Gasteiger partial charge in [-0.2, -0.15) is 5.26 Å². The number of halogens is 5. The third-order valence-corrected chi connectivity index (χ3v) is 5.89. The van der Waals surface area contributed by atoms with Crippen LogP contribution in [0.25, 0.3) is 6.08 Å². The molecule has 3 aromatic carbocycles. The molecule has 0 spiro atoms. The molecule has 32 heavy (non-hydrogen) atoms.